The highest BCUT2D eigenvalue weighted by Crippen LogP contribution is 2.17. The zero-order valence-electron chi connectivity index (χ0n) is 13.4. The Hall–Kier alpha value is -3.54. The highest BCUT2D eigenvalue weighted by Gasteiger charge is 2.18. The van der Waals surface area contributed by atoms with Crippen LogP contribution in [0.2, 0.25) is 0 Å². The summed E-state index contributed by atoms with van der Waals surface area (Å²) < 4.78 is 9.76. The minimum absolute atomic E-state index is 0.160. The number of ketones is 2. The second kappa shape index (κ2) is 7.83. The van der Waals surface area contributed by atoms with Crippen molar-refractivity contribution in [2.75, 3.05) is 0 Å². The Balaban J connectivity index is 2.11. The van der Waals surface area contributed by atoms with Crippen LogP contribution in [-0.2, 0) is 9.59 Å². The topological polar surface area (TPSA) is 86.7 Å². The molecule has 2 aromatic carbocycles. The summed E-state index contributed by atoms with van der Waals surface area (Å²) in [4.78, 5) is 46.4. The molecule has 0 aliphatic rings. The summed E-state index contributed by atoms with van der Waals surface area (Å²) in [5, 5.41) is 0. The lowest BCUT2D eigenvalue weighted by Gasteiger charge is -2.05. The summed E-state index contributed by atoms with van der Waals surface area (Å²) in [5.41, 5.74) is 0.329. The monoisotopic (exact) mass is 338 g/mol. The van der Waals surface area contributed by atoms with E-state index in [0.717, 1.165) is 6.08 Å². The molecule has 0 spiro atoms. The molecule has 0 fully saturated rings. The van der Waals surface area contributed by atoms with Crippen LogP contribution in [0.1, 0.15) is 27.6 Å². The summed E-state index contributed by atoms with van der Waals surface area (Å²) in [6.45, 7) is 4.54. The highest BCUT2D eigenvalue weighted by molar-refractivity contribution is 6.49. The average molecular weight is 338 g/mol. The number of rotatable bonds is 6. The summed E-state index contributed by atoms with van der Waals surface area (Å²) in [6.07, 6.45) is 1.02. The second-order valence-corrected chi connectivity index (χ2v) is 4.93. The normalized spacial score (nSPS) is 9.80. The van der Waals surface area contributed by atoms with Gasteiger partial charge in [0.2, 0.25) is 11.6 Å². The van der Waals surface area contributed by atoms with Gasteiger partial charge in [0.1, 0.15) is 11.5 Å². The molecule has 0 aliphatic heterocycles. The molecule has 0 aliphatic carbocycles. The number of carbonyl (C=O) groups excluding carboxylic acids is 4. The van der Waals surface area contributed by atoms with E-state index in [1.807, 2.05) is 0 Å². The average Bonchev–Trinajstić information content (AvgIpc) is 2.61. The zero-order valence-corrected chi connectivity index (χ0v) is 13.4. The van der Waals surface area contributed by atoms with Crippen LogP contribution in [0.25, 0.3) is 0 Å². The first-order valence-corrected chi connectivity index (χ1v) is 7.22. The molecule has 0 saturated carbocycles. The first kappa shape index (κ1) is 17.8. The summed E-state index contributed by atoms with van der Waals surface area (Å²) >= 11 is 0. The van der Waals surface area contributed by atoms with Crippen molar-refractivity contribution in [1.82, 2.24) is 0 Å². The SMILES string of the molecule is C=CC(=O)Oc1ccc(C(=O)C(=O)c2ccc(OC(C)=O)cc2)cc1. The van der Waals surface area contributed by atoms with Crippen molar-refractivity contribution in [3.05, 3.63) is 72.3 Å². The summed E-state index contributed by atoms with van der Waals surface area (Å²) in [6, 6.07) is 11.3. The Morgan fingerprint density at radius 1 is 0.760 bits per heavy atom. The van der Waals surface area contributed by atoms with Gasteiger partial charge in [0, 0.05) is 24.1 Å². The molecule has 0 aromatic heterocycles. The molecule has 0 atom stereocenters. The van der Waals surface area contributed by atoms with Gasteiger partial charge in [-0.2, -0.15) is 0 Å². The first-order valence-electron chi connectivity index (χ1n) is 7.22. The fourth-order valence-electron chi connectivity index (χ4n) is 1.93. The number of carbonyl (C=O) groups is 4. The molecule has 6 nitrogen and oxygen atoms in total. The van der Waals surface area contributed by atoms with E-state index in [1.165, 1.54) is 55.5 Å². The van der Waals surface area contributed by atoms with Gasteiger partial charge < -0.3 is 9.47 Å². The maximum Gasteiger partial charge on any atom is 0.335 e. The van der Waals surface area contributed by atoms with Crippen molar-refractivity contribution in [3.63, 3.8) is 0 Å². The van der Waals surface area contributed by atoms with Gasteiger partial charge in [0.15, 0.2) is 0 Å². The first-order chi connectivity index (χ1) is 11.9. The number of ether oxygens (including phenoxy) is 2. The minimum atomic E-state index is -0.707. The summed E-state index contributed by atoms with van der Waals surface area (Å²) in [7, 11) is 0. The Morgan fingerprint density at radius 2 is 1.16 bits per heavy atom. The number of hydrogen-bond acceptors (Lipinski definition) is 6. The van der Waals surface area contributed by atoms with Crippen LogP contribution in [0.4, 0.5) is 0 Å². The quantitative estimate of drug-likeness (QED) is 0.265. The molecular weight excluding hydrogens is 324 g/mol. The Morgan fingerprint density at radius 3 is 1.52 bits per heavy atom. The molecule has 25 heavy (non-hydrogen) atoms. The van der Waals surface area contributed by atoms with Crippen molar-refractivity contribution in [2.45, 2.75) is 6.92 Å². The number of hydrogen-bond donors (Lipinski definition) is 0. The maximum atomic E-state index is 12.2. The number of benzene rings is 2. The van der Waals surface area contributed by atoms with Crippen LogP contribution in [0.3, 0.4) is 0 Å². The third-order valence-electron chi connectivity index (χ3n) is 3.09. The molecule has 0 N–H and O–H groups in total. The lowest BCUT2D eigenvalue weighted by atomic mass is 10.0. The molecule has 126 valence electrons. The highest BCUT2D eigenvalue weighted by atomic mass is 16.5. The van der Waals surface area contributed by atoms with E-state index < -0.39 is 23.5 Å². The van der Waals surface area contributed by atoms with Gasteiger partial charge in [-0.3, -0.25) is 14.4 Å². The van der Waals surface area contributed by atoms with Gasteiger partial charge in [-0.05, 0) is 48.5 Å². The molecule has 2 aromatic rings. The van der Waals surface area contributed by atoms with E-state index in [4.69, 9.17) is 9.47 Å². The summed E-state index contributed by atoms with van der Waals surface area (Å²) in [5.74, 6) is -1.99. The molecule has 2 rings (SSSR count). The van der Waals surface area contributed by atoms with E-state index >= 15 is 0 Å². The Bertz CT molecular complexity index is 831. The van der Waals surface area contributed by atoms with E-state index in [9.17, 15) is 19.2 Å². The van der Waals surface area contributed by atoms with Gasteiger partial charge in [0.25, 0.3) is 0 Å². The minimum Gasteiger partial charge on any atom is -0.427 e. The molecule has 0 radical (unpaired) electrons. The van der Waals surface area contributed by atoms with Crippen LogP contribution in [-0.4, -0.2) is 23.5 Å². The fraction of sp³-hybridized carbons (Fsp3) is 0.0526. The Labute approximate surface area is 143 Å². The fourth-order valence-corrected chi connectivity index (χ4v) is 1.93. The largest absolute Gasteiger partial charge is 0.427 e. The van der Waals surface area contributed by atoms with Gasteiger partial charge >= 0.3 is 11.9 Å². The Kier molecular flexibility index (Phi) is 5.58. The molecule has 0 saturated heterocycles. The van der Waals surface area contributed by atoms with Crippen LogP contribution in [0.15, 0.2) is 61.2 Å². The molecule has 0 unspecified atom stereocenters. The predicted octanol–water partition coefficient (Wildman–Crippen LogP) is 2.77. The van der Waals surface area contributed by atoms with Gasteiger partial charge in [-0.25, -0.2) is 4.79 Å². The van der Waals surface area contributed by atoms with Gasteiger partial charge in [0.05, 0.1) is 0 Å². The van der Waals surface area contributed by atoms with Crippen LogP contribution >= 0.6 is 0 Å². The zero-order chi connectivity index (χ0) is 18.4. The number of esters is 2. The lowest BCUT2D eigenvalue weighted by molar-refractivity contribution is -0.132. The van der Waals surface area contributed by atoms with E-state index in [2.05, 4.69) is 6.58 Å². The third kappa shape index (κ3) is 4.71. The molecule has 0 heterocycles. The molecule has 6 heteroatoms. The van der Waals surface area contributed by atoms with Crippen molar-refractivity contribution in [3.8, 4) is 11.5 Å². The second-order valence-electron chi connectivity index (χ2n) is 4.93. The van der Waals surface area contributed by atoms with Crippen molar-refractivity contribution in [1.29, 1.82) is 0 Å². The predicted molar refractivity (Wildman–Crippen MR) is 88.7 cm³/mol. The number of Topliss-reactive ketones (excluding diaryl/α,β-unsaturated/α-hetero) is 2. The molecule has 0 amide bonds. The standard InChI is InChI=1S/C19H14O6/c1-3-17(21)25-16-10-6-14(7-11-16)19(23)18(22)13-4-8-15(9-5-13)24-12(2)20/h3-11H,1H2,2H3. The van der Waals surface area contributed by atoms with Crippen molar-refractivity contribution < 1.29 is 28.7 Å². The lowest BCUT2D eigenvalue weighted by Crippen LogP contribution is -2.14. The van der Waals surface area contributed by atoms with Crippen LogP contribution < -0.4 is 9.47 Å². The van der Waals surface area contributed by atoms with E-state index in [-0.39, 0.29) is 22.6 Å². The van der Waals surface area contributed by atoms with E-state index in [0.29, 0.717) is 0 Å². The van der Waals surface area contributed by atoms with Gasteiger partial charge in [-0.15, -0.1) is 0 Å². The third-order valence-corrected chi connectivity index (χ3v) is 3.09. The van der Waals surface area contributed by atoms with Gasteiger partial charge in [-0.1, -0.05) is 6.58 Å². The van der Waals surface area contributed by atoms with Crippen LogP contribution in [0.5, 0.6) is 11.5 Å². The van der Waals surface area contributed by atoms with Crippen molar-refractivity contribution in [2.24, 2.45) is 0 Å². The molecular formula is C19H14O6. The van der Waals surface area contributed by atoms with Crippen molar-refractivity contribution >= 4 is 23.5 Å². The smallest absolute Gasteiger partial charge is 0.335 e. The maximum absolute atomic E-state index is 12.2. The molecule has 0 bridgehead atoms. The van der Waals surface area contributed by atoms with E-state index in [1.54, 1.807) is 0 Å². The van der Waals surface area contributed by atoms with Crippen LogP contribution in [0, 0.1) is 0 Å².